The van der Waals surface area contributed by atoms with Crippen molar-refractivity contribution in [3.05, 3.63) is 0 Å². The van der Waals surface area contributed by atoms with E-state index in [4.69, 9.17) is 0 Å². The van der Waals surface area contributed by atoms with Crippen molar-refractivity contribution < 1.29 is 27.5 Å². The first-order valence-electron chi connectivity index (χ1n) is 5.83. The van der Waals surface area contributed by atoms with Gasteiger partial charge in [0.05, 0.1) is 6.54 Å². The summed E-state index contributed by atoms with van der Waals surface area (Å²) in [6, 6.07) is 0. The molecule has 0 aliphatic carbocycles. The Morgan fingerprint density at radius 2 is 1.84 bits per heavy atom. The Labute approximate surface area is 109 Å². The number of hydrogen-bond acceptors (Lipinski definition) is 4. The monoisotopic (exact) mass is 282 g/mol. The van der Waals surface area contributed by atoms with Crippen LogP contribution in [0, 0.1) is 5.41 Å². The predicted octanol–water partition coefficient (Wildman–Crippen LogP) is 0.896. The van der Waals surface area contributed by atoms with Crippen LogP contribution in [0.15, 0.2) is 0 Å². The number of amides is 1. The molecule has 5 nitrogen and oxygen atoms in total. The summed E-state index contributed by atoms with van der Waals surface area (Å²) in [5.41, 5.74) is -0.750. The summed E-state index contributed by atoms with van der Waals surface area (Å²) < 4.78 is 40.9. The predicted molar refractivity (Wildman–Crippen MR) is 60.0 cm³/mol. The SMILES string of the molecule is CC(C)(C)C(=O)N1CCNCC1OC(=O)C(F)(F)F. The average Bonchev–Trinajstić information content (AvgIpc) is 2.26. The molecular weight excluding hydrogens is 265 g/mol. The van der Waals surface area contributed by atoms with Crippen molar-refractivity contribution in [3.8, 4) is 0 Å². The second-order valence-corrected chi connectivity index (χ2v) is 5.31. The third kappa shape index (κ3) is 4.09. The maximum atomic E-state index is 12.2. The topological polar surface area (TPSA) is 58.6 Å². The van der Waals surface area contributed by atoms with E-state index in [1.165, 1.54) is 4.90 Å². The second kappa shape index (κ2) is 5.36. The first kappa shape index (κ1) is 15.7. The van der Waals surface area contributed by atoms with Crippen LogP contribution in [0.1, 0.15) is 20.8 Å². The number of hydrogen-bond donors (Lipinski definition) is 1. The smallest absolute Gasteiger partial charge is 0.433 e. The Balaban J connectivity index is 2.79. The molecule has 1 rings (SSSR count). The highest BCUT2D eigenvalue weighted by Crippen LogP contribution is 2.23. The standard InChI is InChI=1S/C11H17F3N2O3/c1-10(2,3)8(17)16-5-4-15-6-7(16)19-9(18)11(12,13)14/h7,15H,4-6H2,1-3H3. The van der Waals surface area contributed by atoms with Crippen LogP contribution >= 0.6 is 0 Å². The number of rotatable bonds is 1. The van der Waals surface area contributed by atoms with Crippen molar-refractivity contribution >= 4 is 11.9 Å². The van der Waals surface area contributed by atoms with Gasteiger partial charge in [0, 0.05) is 18.5 Å². The van der Waals surface area contributed by atoms with E-state index < -0.39 is 23.8 Å². The minimum atomic E-state index is -5.06. The number of nitrogens with zero attached hydrogens (tertiary/aromatic N) is 1. The van der Waals surface area contributed by atoms with E-state index in [0.29, 0.717) is 6.54 Å². The first-order valence-corrected chi connectivity index (χ1v) is 5.83. The molecule has 0 spiro atoms. The zero-order valence-electron chi connectivity index (χ0n) is 11.0. The van der Waals surface area contributed by atoms with Gasteiger partial charge in [-0.15, -0.1) is 0 Å². The summed E-state index contributed by atoms with van der Waals surface area (Å²) in [5, 5.41) is 2.79. The fourth-order valence-electron chi connectivity index (χ4n) is 1.64. The maximum Gasteiger partial charge on any atom is 0.491 e. The van der Waals surface area contributed by atoms with E-state index in [0.717, 1.165) is 0 Å². The highest BCUT2D eigenvalue weighted by atomic mass is 19.4. The normalized spacial score (nSPS) is 21.2. The van der Waals surface area contributed by atoms with Crippen LogP contribution in [-0.2, 0) is 14.3 Å². The molecule has 1 aliphatic rings. The van der Waals surface area contributed by atoms with E-state index in [9.17, 15) is 22.8 Å². The van der Waals surface area contributed by atoms with Gasteiger partial charge in [-0.1, -0.05) is 20.8 Å². The lowest BCUT2D eigenvalue weighted by Gasteiger charge is -2.38. The fraction of sp³-hybridized carbons (Fsp3) is 0.818. The zero-order chi connectivity index (χ0) is 14.8. The lowest BCUT2D eigenvalue weighted by Crippen LogP contribution is -2.58. The first-order chi connectivity index (χ1) is 8.53. The van der Waals surface area contributed by atoms with Gasteiger partial charge in [0.15, 0.2) is 6.23 Å². The minimum absolute atomic E-state index is 0.0103. The van der Waals surface area contributed by atoms with Crippen LogP contribution in [0.25, 0.3) is 0 Å². The molecule has 1 unspecified atom stereocenters. The van der Waals surface area contributed by atoms with Crippen LogP contribution in [0.2, 0.25) is 0 Å². The summed E-state index contributed by atoms with van der Waals surface area (Å²) in [6.45, 7) is 5.59. The van der Waals surface area contributed by atoms with E-state index in [-0.39, 0.29) is 19.0 Å². The van der Waals surface area contributed by atoms with E-state index in [1.54, 1.807) is 20.8 Å². The molecule has 0 aromatic rings. The number of carbonyl (C=O) groups is 2. The third-order valence-electron chi connectivity index (χ3n) is 2.57. The molecule has 0 aromatic heterocycles. The van der Waals surface area contributed by atoms with Crippen LogP contribution in [0.5, 0.6) is 0 Å². The van der Waals surface area contributed by atoms with E-state index >= 15 is 0 Å². The van der Waals surface area contributed by atoms with Gasteiger partial charge >= 0.3 is 12.1 Å². The molecule has 0 aromatic carbocycles. The number of nitrogens with one attached hydrogen (secondary N) is 1. The Morgan fingerprint density at radius 1 is 1.26 bits per heavy atom. The highest BCUT2D eigenvalue weighted by Gasteiger charge is 2.44. The second-order valence-electron chi connectivity index (χ2n) is 5.31. The lowest BCUT2D eigenvalue weighted by molar-refractivity contribution is -0.214. The molecule has 0 saturated carbocycles. The molecule has 1 N–H and O–H groups in total. The van der Waals surface area contributed by atoms with Gasteiger partial charge in [-0.05, 0) is 0 Å². The zero-order valence-corrected chi connectivity index (χ0v) is 11.0. The molecule has 1 heterocycles. The van der Waals surface area contributed by atoms with Crippen molar-refractivity contribution in [3.63, 3.8) is 0 Å². The average molecular weight is 282 g/mol. The number of alkyl halides is 3. The van der Waals surface area contributed by atoms with Crippen LogP contribution in [0.4, 0.5) is 13.2 Å². The molecule has 1 fully saturated rings. The molecule has 0 bridgehead atoms. The van der Waals surface area contributed by atoms with Crippen LogP contribution in [-0.4, -0.2) is 48.8 Å². The summed E-state index contributed by atoms with van der Waals surface area (Å²) in [5.74, 6) is -2.64. The van der Waals surface area contributed by atoms with E-state index in [2.05, 4.69) is 10.1 Å². The molecule has 1 amide bonds. The molecule has 110 valence electrons. The van der Waals surface area contributed by atoms with Gasteiger partial charge in [0.1, 0.15) is 0 Å². The summed E-state index contributed by atoms with van der Waals surface area (Å²) in [6.07, 6.45) is -6.29. The van der Waals surface area contributed by atoms with Crippen molar-refractivity contribution in [2.24, 2.45) is 5.41 Å². The Bertz CT molecular complexity index is 363. The summed E-state index contributed by atoms with van der Waals surface area (Å²) in [4.78, 5) is 24.1. The number of carbonyl (C=O) groups excluding carboxylic acids is 2. The van der Waals surface area contributed by atoms with Crippen molar-refractivity contribution in [1.82, 2.24) is 10.2 Å². The Morgan fingerprint density at radius 3 is 2.32 bits per heavy atom. The number of esters is 1. The lowest BCUT2D eigenvalue weighted by atomic mass is 9.94. The minimum Gasteiger partial charge on any atom is -0.433 e. The quantitative estimate of drug-likeness (QED) is 0.726. The number of ether oxygens (including phenoxy) is 1. The van der Waals surface area contributed by atoms with Gasteiger partial charge in [0.2, 0.25) is 5.91 Å². The van der Waals surface area contributed by atoms with E-state index in [1.807, 2.05) is 0 Å². The summed E-state index contributed by atoms with van der Waals surface area (Å²) >= 11 is 0. The summed E-state index contributed by atoms with van der Waals surface area (Å²) in [7, 11) is 0. The van der Waals surface area contributed by atoms with Crippen molar-refractivity contribution in [1.29, 1.82) is 0 Å². The molecule has 8 heteroatoms. The van der Waals surface area contributed by atoms with Gasteiger partial charge in [-0.3, -0.25) is 4.79 Å². The van der Waals surface area contributed by atoms with Gasteiger partial charge < -0.3 is 15.0 Å². The van der Waals surface area contributed by atoms with Crippen molar-refractivity contribution in [2.45, 2.75) is 33.2 Å². The van der Waals surface area contributed by atoms with Gasteiger partial charge in [-0.2, -0.15) is 13.2 Å². The number of halogens is 3. The molecule has 1 saturated heterocycles. The van der Waals surface area contributed by atoms with Crippen LogP contribution < -0.4 is 5.32 Å². The van der Waals surface area contributed by atoms with Crippen LogP contribution in [0.3, 0.4) is 0 Å². The Hall–Kier alpha value is -1.31. The molecular formula is C11H17F3N2O3. The molecule has 1 aliphatic heterocycles. The number of piperazine rings is 1. The van der Waals surface area contributed by atoms with Gasteiger partial charge in [-0.25, -0.2) is 4.79 Å². The highest BCUT2D eigenvalue weighted by molar-refractivity contribution is 5.82. The largest absolute Gasteiger partial charge is 0.491 e. The van der Waals surface area contributed by atoms with Gasteiger partial charge in [0.25, 0.3) is 0 Å². The molecule has 1 atom stereocenters. The van der Waals surface area contributed by atoms with Crippen molar-refractivity contribution in [2.75, 3.05) is 19.6 Å². The Kier molecular flexibility index (Phi) is 4.44. The fourth-order valence-corrected chi connectivity index (χ4v) is 1.64. The molecule has 19 heavy (non-hydrogen) atoms. The third-order valence-corrected chi connectivity index (χ3v) is 2.57. The maximum absolute atomic E-state index is 12.2. The molecule has 0 radical (unpaired) electrons.